The van der Waals surface area contributed by atoms with Gasteiger partial charge in [-0.1, -0.05) is 25.6 Å². The summed E-state index contributed by atoms with van der Waals surface area (Å²) < 4.78 is 37.6. The van der Waals surface area contributed by atoms with Crippen molar-refractivity contribution in [2.45, 2.75) is 30.2 Å². The van der Waals surface area contributed by atoms with Crippen LogP contribution in [0.25, 0.3) is 0 Å². The molecular weight excluding hydrogens is 426 g/mol. The number of hydrogen-bond acceptors (Lipinski definition) is 7. The van der Waals surface area contributed by atoms with E-state index < -0.39 is 10.0 Å². The van der Waals surface area contributed by atoms with Gasteiger partial charge in [0.25, 0.3) is 0 Å². The summed E-state index contributed by atoms with van der Waals surface area (Å²) in [5, 5.41) is 3.39. The highest BCUT2D eigenvalue weighted by atomic mass is 32.2. The van der Waals surface area contributed by atoms with E-state index in [9.17, 15) is 13.2 Å². The molecular formula is C20H25N3O5S2. The van der Waals surface area contributed by atoms with Crippen LogP contribution in [-0.4, -0.2) is 55.7 Å². The molecule has 0 bridgehead atoms. The molecule has 1 amide bonds. The molecule has 1 aliphatic rings. The van der Waals surface area contributed by atoms with Crippen LogP contribution >= 0.6 is 11.8 Å². The van der Waals surface area contributed by atoms with Crippen LogP contribution < -0.4 is 14.8 Å². The number of fused-ring (bicyclic) bond motifs is 1. The lowest BCUT2D eigenvalue weighted by Gasteiger charge is -2.18. The molecule has 0 aliphatic carbocycles. The number of carbonyl (C=O) groups is 1. The van der Waals surface area contributed by atoms with Gasteiger partial charge in [0.2, 0.25) is 15.9 Å². The minimum absolute atomic E-state index is 0.142. The van der Waals surface area contributed by atoms with E-state index in [2.05, 4.69) is 10.3 Å². The predicted molar refractivity (Wildman–Crippen MR) is 116 cm³/mol. The summed E-state index contributed by atoms with van der Waals surface area (Å²) in [4.78, 5) is 16.6. The van der Waals surface area contributed by atoms with E-state index in [0.29, 0.717) is 48.5 Å². The number of thioether (sulfide) groups is 1. The molecule has 2 heterocycles. The Morgan fingerprint density at radius 2 is 1.87 bits per heavy atom. The molecule has 0 fully saturated rings. The van der Waals surface area contributed by atoms with E-state index in [1.807, 2.05) is 0 Å². The first kappa shape index (κ1) is 22.4. The Hall–Kier alpha value is -2.30. The molecule has 1 aliphatic heterocycles. The highest BCUT2D eigenvalue weighted by Crippen LogP contribution is 2.32. The largest absolute Gasteiger partial charge is 0.490 e. The van der Waals surface area contributed by atoms with Crippen molar-refractivity contribution < 1.29 is 22.7 Å². The van der Waals surface area contributed by atoms with Crippen LogP contribution in [0.3, 0.4) is 0 Å². The minimum Gasteiger partial charge on any atom is -0.490 e. The van der Waals surface area contributed by atoms with Crippen molar-refractivity contribution in [1.82, 2.24) is 9.29 Å². The smallest absolute Gasteiger partial charge is 0.244 e. The molecule has 30 heavy (non-hydrogen) atoms. The molecule has 0 unspecified atom stereocenters. The van der Waals surface area contributed by atoms with E-state index in [0.717, 1.165) is 6.42 Å². The van der Waals surface area contributed by atoms with Crippen molar-refractivity contribution in [3.63, 3.8) is 0 Å². The molecule has 162 valence electrons. The fourth-order valence-electron chi connectivity index (χ4n) is 2.89. The second-order valence-corrected chi connectivity index (χ2v) is 9.40. The Morgan fingerprint density at radius 1 is 1.13 bits per heavy atom. The highest BCUT2D eigenvalue weighted by molar-refractivity contribution is 7.99. The van der Waals surface area contributed by atoms with Gasteiger partial charge in [0, 0.05) is 37.5 Å². The number of amides is 1. The Morgan fingerprint density at radius 3 is 2.53 bits per heavy atom. The molecule has 3 rings (SSSR count). The van der Waals surface area contributed by atoms with E-state index >= 15 is 0 Å². The lowest BCUT2D eigenvalue weighted by Crippen LogP contribution is -2.30. The quantitative estimate of drug-likeness (QED) is 0.616. The van der Waals surface area contributed by atoms with Crippen LogP contribution in [0, 0.1) is 0 Å². The Bertz CT molecular complexity index is 976. The summed E-state index contributed by atoms with van der Waals surface area (Å²) in [5.41, 5.74) is 0.624. The molecule has 0 saturated heterocycles. The zero-order valence-electron chi connectivity index (χ0n) is 17.0. The van der Waals surface area contributed by atoms with Crippen molar-refractivity contribution in [3.05, 3.63) is 36.5 Å². The van der Waals surface area contributed by atoms with Gasteiger partial charge in [-0.3, -0.25) is 4.79 Å². The number of nitrogens with zero attached hydrogens (tertiary/aromatic N) is 2. The van der Waals surface area contributed by atoms with Crippen LogP contribution in [0.1, 0.15) is 20.3 Å². The third kappa shape index (κ3) is 5.44. The zero-order valence-corrected chi connectivity index (χ0v) is 18.6. The van der Waals surface area contributed by atoms with Gasteiger partial charge < -0.3 is 14.8 Å². The summed E-state index contributed by atoms with van der Waals surface area (Å²) >= 11 is 1.23. The number of rotatable bonds is 8. The maximum absolute atomic E-state index is 12.5. The van der Waals surface area contributed by atoms with Gasteiger partial charge in [-0.05, 0) is 24.3 Å². The van der Waals surface area contributed by atoms with Crippen molar-refractivity contribution in [2.75, 3.05) is 37.4 Å². The topological polar surface area (TPSA) is 97.8 Å². The minimum atomic E-state index is -3.54. The van der Waals surface area contributed by atoms with Crippen LogP contribution in [0.4, 0.5) is 5.69 Å². The molecule has 1 aromatic carbocycles. The molecule has 8 nitrogen and oxygen atoms in total. The fraction of sp³-hybridized carbons (Fsp3) is 0.400. The molecule has 1 aromatic heterocycles. The number of carbonyl (C=O) groups excluding carboxylic acids is 1. The van der Waals surface area contributed by atoms with Gasteiger partial charge in [-0.15, -0.1) is 0 Å². The SMILES string of the molecule is CCN(CC)S(=O)(=O)c1ccc(SCC(=O)Nc2ccc3c(c2)OCCCO3)nc1. The molecule has 10 heteroatoms. The number of hydrogen-bond donors (Lipinski definition) is 1. The molecule has 1 N–H and O–H groups in total. The first-order valence-electron chi connectivity index (χ1n) is 9.72. The van der Waals surface area contributed by atoms with Gasteiger partial charge in [0.1, 0.15) is 4.90 Å². The highest BCUT2D eigenvalue weighted by Gasteiger charge is 2.21. The van der Waals surface area contributed by atoms with E-state index in [1.54, 1.807) is 38.1 Å². The third-order valence-electron chi connectivity index (χ3n) is 4.43. The number of benzene rings is 1. The standard InChI is InChI=1S/C20H25N3O5S2/c1-3-23(4-2)30(25,26)16-7-9-20(21-13-16)29-14-19(24)22-15-6-8-17-18(12-15)28-11-5-10-27-17/h6-9,12-13H,3-5,10-11,14H2,1-2H3,(H,22,24). The lowest BCUT2D eigenvalue weighted by molar-refractivity contribution is -0.113. The monoisotopic (exact) mass is 451 g/mol. The second-order valence-electron chi connectivity index (χ2n) is 6.47. The van der Waals surface area contributed by atoms with Crippen molar-refractivity contribution >= 4 is 33.4 Å². The second kappa shape index (κ2) is 10.1. The normalized spacial score (nSPS) is 13.7. The third-order valence-corrected chi connectivity index (χ3v) is 7.41. The van der Waals surface area contributed by atoms with Crippen LogP contribution in [0.15, 0.2) is 46.5 Å². The zero-order chi connectivity index (χ0) is 21.6. The first-order valence-corrected chi connectivity index (χ1v) is 12.1. The van der Waals surface area contributed by atoms with Crippen molar-refractivity contribution in [3.8, 4) is 11.5 Å². The summed E-state index contributed by atoms with van der Waals surface area (Å²) in [6, 6.07) is 8.42. The van der Waals surface area contributed by atoms with Crippen LogP contribution in [-0.2, 0) is 14.8 Å². The van der Waals surface area contributed by atoms with Gasteiger partial charge >= 0.3 is 0 Å². The molecule has 0 saturated carbocycles. The summed E-state index contributed by atoms with van der Waals surface area (Å²) in [6.07, 6.45) is 2.15. The summed E-state index contributed by atoms with van der Waals surface area (Å²) in [7, 11) is -3.54. The fourth-order valence-corrected chi connectivity index (χ4v) is 4.94. The van der Waals surface area contributed by atoms with Gasteiger partial charge in [0.15, 0.2) is 11.5 Å². The van der Waals surface area contributed by atoms with E-state index in [-0.39, 0.29) is 16.6 Å². The summed E-state index contributed by atoms with van der Waals surface area (Å²) in [5.74, 6) is 1.23. The number of aromatic nitrogens is 1. The Balaban J connectivity index is 1.57. The lowest BCUT2D eigenvalue weighted by atomic mass is 10.2. The average molecular weight is 452 g/mol. The number of sulfonamides is 1. The maximum atomic E-state index is 12.5. The van der Waals surface area contributed by atoms with Crippen molar-refractivity contribution in [1.29, 1.82) is 0 Å². The Labute approximate surface area is 181 Å². The predicted octanol–water partition coefficient (Wildman–Crippen LogP) is 3.00. The maximum Gasteiger partial charge on any atom is 0.244 e. The van der Waals surface area contributed by atoms with Gasteiger partial charge in [-0.2, -0.15) is 4.31 Å². The van der Waals surface area contributed by atoms with Gasteiger partial charge in [0.05, 0.1) is 24.0 Å². The van der Waals surface area contributed by atoms with Crippen molar-refractivity contribution in [2.24, 2.45) is 0 Å². The van der Waals surface area contributed by atoms with Crippen LogP contribution in [0.2, 0.25) is 0 Å². The molecule has 0 spiro atoms. The molecule has 0 radical (unpaired) electrons. The van der Waals surface area contributed by atoms with Gasteiger partial charge in [-0.25, -0.2) is 13.4 Å². The molecule has 0 atom stereocenters. The summed E-state index contributed by atoms with van der Waals surface area (Å²) in [6.45, 7) is 5.56. The Kier molecular flexibility index (Phi) is 7.57. The number of pyridine rings is 1. The average Bonchev–Trinajstić information content (AvgIpc) is 2.98. The van der Waals surface area contributed by atoms with E-state index in [4.69, 9.17) is 9.47 Å². The first-order chi connectivity index (χ1) is 14.4. The molecule has 2 aromatic rings. The van der Waals surface area contributed by atoms with E-state index in [1.165, 1.54) is 28.3 Å². The number of ether oxygens (including phenoxy) is 2. The number of anilines is 1. The number of nitrogens with one attached hydrogen (secondary N) is 1. The van der Waals surface area contributed by atoms with Crippen LogP contribution in [0.5, 0.6) is 11.5 Å².